The summed E-state index contributed by atoms with van der Waals surface area (Å²) in [4.78, 5) is 0. The van der Waals surface area contributed by atoms with Gasteiger partial charge in [-0.25, -0.2) is 13.2 Å². The number of ether oxygens (including phenoxy) is 3. The first-order valence-electron chi connectivity index (χ1n) is 13.0. The minimum atomic E-state index is -1.06. The van der Waals surface area contributed by atoms with Crippen LogP contribution in [-0.2, 0) is 11.3 Å². The van der Waals surface area contributed by atoms with Crippen LogP contribution in [0.4, 0.5) is 17.6 Å². The molecule has 7 heteroatoms. The molecule has 0 heterocycles. The highest BCUT2D eigenvalue weighted by molar-refractivity contribution is 5.66. The van der Waals surface area contributed by atoms with E-state index in [1.165, 1.54) is 12.1 Å². The Morgan fingerprint density at radius 3 is 2.24 bits per heavy atom. The zero-order valence-corrected chi connectivity index (χ0v) is 21.5. The Kier molecular flexibility index (Phi) is 9.45. The molecular formula is C31H32F4O3. The van der Waals surface area contributed by atoms with Crippen LogP contribution >= 0.6 is 0 Å². The molecule has 0 unspecified atom stereocenters. The van der Waals surface area contributed by atoms with E-state index in [1.807, 2.05) is 6.92 Å². The zero-order chi connectivity index (χ0) is 27.1. The average Bonchev–Trinajstić information content (AvgIpc) is 2.93. The lowest BCUT2D eigenvalue weighted by Gasteiger charge is -2.29. The number of hydrogen-bond donors (Lipinski definition) is 0. The molecule has 0 bridgehead atoms. The molecule has 0 radical (unpaired) electrons. The first-order chi connectivity index (χ1) is 18.4. The van der Waals surface area contributed by atoms with Crippen LogP contribution in [0.3, 0.4) is 0 Å². The molecule has 1 aliphatic rings. The lowest BCUT2D eigenvalue weighted by atomic mass is 9.82. The summed E-state index contributed by atoms with van der Waals surface area (Å²) in [5.74, 6) is -3.60. The minimum Gasteiger partial charge on any atom is -0.490 e. The third-order valence-electron chi connectivity index (χ3n) is 6.89. The maximum atomic E-state index is 14.9. The number of benzene rings is 3. The van der Waals surface area contributed by atoms with Crippen molar-refractivity contribution in [3.8, 4) is 22.6 Å². The lowest BCUT2D eigenvalue weighted by Crippen LogP contribution is -2.21. The topological polar surface area (TPSA) is 27.7 Å². The second-order valence-corrected chi connectivity index (χ2v) is 9.35. The third kappa shape index (κ3) is 6.38. The van der Waals surface area contributed by atoms with Crippen molar-refractivity contribution in [2.24, 2.45) is 0 Å². The molecule has 0 saturated heterocycles. The molecule has 1 saturated carbocycles. The summed E-state index contributed by atoms with van der Waals surface area (Å²) >= 11 is 0. The molecule has 38 heavy (non-hydrogen) atoms. The second kappa shape index (κ2) is 13.0. The van der Waals surface area contributed by atoms with Crippen molar-refractivity contribution in [2.75, 3.05) is 13.2 Å². The first-order valence-corrected chi connectivity index (χ1v) is 13.0. The molecule has 1 fully saturated rings. The molecular weight excluding hydrogens is 496 g/mol. The third-order valence-corrected chi connectivity index (χ3v) is 6.89. The molecule has 3 nitrogen and oxygen atoms in total. The summed E-state index contributed by atoms with van der Waals surface area (Å²) in [5.41, 5.74) is 1.02. The van der Waals surface area contributed by atoms with Crippen LogP contribution in [0.1, 0.15) is 56.1 Å². The fourth-order valence-corrected chi connectivity index (χ4v) is 4.82. The molecule has 3 aromatic carbocycles. The molecule has 0 atom stereocenters. The summed E-state index contributed by atoms with van der Waals surface area (Å²) in [6.45, 7) is 6.21. The largest absolute Gasteiger partial charge is 0.490 e. The SMILES string of the molecule is C=CCCOc1ccc(-c2ccc(OCc3ccc(C4CCC(OCC)CC4)c(F)c3F)cc2)c(F)c1F. The maximum Gasteiger partial charge on any atom is 0.201 e. The molecule has 1 aliphatic carbocycles. The van der Waals surface area contributed by atoms with Crippen molar-refractivity contribution >= 4 is 0 Å². The predicted octanol–water partition coefficient (Wildman–Crippen LogP) is 8.51. The molecule has 202 valence electrons. The van der Waals surface area contributed by atoms with Gasteiger partial charge in [-0.15, -0.1) is 6.58 Å². The number of halogens is 4. The molecule has 0 spiro atoms. The quantitative estimate of drug-likeness (QED) is 0.142. The van der Waals surface area contributed by atoms with Crippen LogP contribution in [0.2, 0.25) is 0 Å². The molecule has 4 rings (SSSR count). The van der Waals surface area contributed by atoms with E-state index < -0.39 is 23.3 Å². The number of rotatable bonds is 11. The molecule has 0 aliphatic heterocycles. The van der Waals surface area contributed by atoms with Crippen molar-refractivity contribution in [1.82, 2.24) is 0 Å². The fourth-order valence-electron chi connectivity index (χ4n) is 4.82. The standard InChI is InChI=1S/C31H32F4O3/c1-3-5-18-37-27-17-16-26(30(34)31(27)35)21-8-13-24(14-9-21)38-19-22-10-15-25(29(33)28(22)32)20-6-11-23(12-7-20)36-4-2/h3,8-10,13-17,20,23H,1,4-7,11-12,18-19H2,2H3. The Morgan fingerprint density at radius 2 is 1.55 bits per heavy atom. The van der Waals surface area contributed by atoms with E-state index in [4.69, 9.17) is 14.2 Å². The van der Waals surface area contributed by atoms with E-state index in [0.29, 0.717) is 29.9 Å². The fraction of sp³-hybridized carbons (Fsp3) is 0.355. The smallest absolute Gasteiger partial charge is 0.201 e. The van der Waals surface area contributed by atoms with Gasteiger partial charge in [0.15, 0.2) is 23.2 Å². The predicted molar refractivity (Wildman–Crippen MR) is 139 cm³/mol. The van der Waals surface area contributed by atoms with Gasteiger partial charge >= 0.3 is 0 Å². The molecule has 0 N–H and O–H groups in total. The van der Waals surface area contributed by atoms with Crippen molar-refractivity contribution < 1.29 is 31.8 Å². The van der Waals surface area contributed by atoms with E-state index in [1.54, 1.807) is 42.5 Å². The van der Waals surface area contributed by atoms with Crippen LogP contribution in [0.15, 0.2) is 61.2 Å². The van der Waals surface area contributed by atoms with Crippen LogP contribution in [0, 0.1) is 23.3 Å². The Bertz CT molecular complexity index is 1230. The minimum absolute atomic E-state index is 0.0262. The van der Waals surface area contributed by atoms with Gasteiger partial charge in [0.25, 0.3) is 0 Å². The zero-order valence-electron chi connectivity index (χ0n) is 21.5. The van der Waals surface area contributed by atoms with Gasteiger partial charge in [0.1, 0.15) is 12.4 Å². The van der Waals surface area contributed by atoms with Crippen LogP contribution in [-0.4, -0.2) is 19.3 Å². The van der Waals surface area contributed by atoms with E-state index in [9.17, 15) is 17.6 Å². The van der Waals surface area contributed by atoms with E-state index >= 15 is 0 Å². The van der Waals surface area contributed by atoms with E-state index in [-0.39, 0.29) is 42.1 Å². The summed E-state index contributed by atoms with van der Waals surface area (Å²) in [7, 11) is 0. The van der Waals surface area contributed by atoms with Gasteiger partial charge in [0, 0.05) is 17.7 Å². The van der Waals surface area contributed by atoms with Gasteiger partial charge in [-0.1, -0.05) is 30.3 Å². The molecule has 0 aromatic heterocycles. The van der Waals surface area contributed by atoms with Crippen LogP contribution in [0.25, 0.3) is 11.1 Å². The summed E-state index contributed by atoms with van der Waals surface area (Å²) < 4.78 is 75.3. The maximum absolute atomic E-state index is 14.9. The van der Waals surface area contributed by atoms with E-state index in [2.05, 4.69) is 6.58 Å². The van der Waals surface area contributed by atoms with Gasteiger partial charge in [-0.3, -0.25) is 0 Å². The van der Waals surface area contributed by atoms with Crippen molar-refractivity contribution in [3.63, 3.8) is 0 Å². The van der Waals surface area contributed by atoms with Gasteiger partial charge in [-0.2, -0.15) is 4.39 Å². The lowest BCUT2D eigenvalue weighted by molar-refractivity contribution is 0.0325. The Morgan fingerprint density at radius 1 is 0.816 bits per heavy atom. The van der Waals surface area contributed by atoms with Crippen molar-refractivity contribution in [2.45, 2.75) is 57.7 Å². The summed E-state index contributed by atoms with van der Waals surface area (Å²) in [6.07, 6.45) is 5.54. The van der Waals surface area contributed by atoms with Crippen LogP contribution < -0.4 is 9.47 Å². The Labute approximate surface area is 221 Å². The highest BCUT2D eigenvalue weighted by atomic mass is 19.2. The van der Waals surface area contributed by atoms with Gasteiger partial charge in [0.05, 0.1) is 12.7 Å². The van der Waals surface area contributed by atoms with Crippen molar-refractivity contribution in [3.05, 3.63) is 95.6 Å². The monoisotopic (exact) mass is 528 g/mol. The van der Waals surface area contributed by atoms with Gasteiger partial charge in [-0.05, 0) is 80.3 Å². The van der Waals surface area contributed by atoms with Gasteiger partial charge < -0.3 is 14.2 Å². The van der Waals surface area contributed by atoms with E-state index in [0.717, 1.165) is 25.7 Å². The highest BCUT2D eigenvalue weighted by Gasteiger charge is 2.26. The summed E-state index contributed by atoms with van der Waals surface area (Å²) in [5, 5.41) is 0. The average molecular weight is 529 g/mol. The second-order valence-electron chi connectivity index (χ2n) is 9.35. The van der Waals surface area contributed by atoms with Crippen LogP contribution in [0.5, 0.6) is 11.5 Å². The Hall–Kier alpha value is -3.32. The molecule has 0 amide bonds. The first kappa shape index (κ1) is 27.7. The Balaban J connectivity index is 1.39. The summed E-state index contributed by atoms with van der Waals surface area (Å²) in [6, 6.07) is 12.3. The highest BCUT2D eigenvalue weighted by Crippen LogP contribution is 2.36. The number of hydrogen-bond acceptors (Lipinski definition) is 3. The molecule has 3 aromatic rings. The van der Waals surface area contributed by atoms with Gasteiger partial charge in [0.2, 0.25) is 5.82 Å². The van der Waals surface area contributed by atoms with Crippen molar-refractivity contribution in [1.29, 1.82) is 0 Å². The normalized spacial score (nSPS) is 17.3.